The molecule has 0 saturated heterocycles. The molecule has 2 aromatic carbocycles. The summed E-state index contributed by atoms with van der Waals surface area (Å²) in [6.07, 6.45) is 0.349. The predicted molar refractivity (Wildman–Crippen MR) is 116 cm³/mol. The molecule has 0 radical (unpaired) electrons. The molecule has 28 heavy (non-hydrogen) atoms. The van der Waals surface area contributed by atoms with Crippen LogP contribution < -0.4 is 10.6 Å². The average Bonchev–Trinajstić information content (AvgIpc) is 2.57. The van der Waals surface area contributed by atoms with E-state index in [0.717, 1.165) is 26.9 Å². The monoisotopic (exact) mass is 446 g/mol. The van der Waals surface area contributed by atoms with E-state index in [-0.39, 0.29) is 0 Å². The lowest BCUT2D eigenvalue weighted by Crippen LogP contribution is -2.47. The van der Waals surface area contributed by atoms with E-state index in [1.165, 1.54) is 0 Å². The number of carbonyl (C=O) groups is 2. The van der Waals surface area contributed by atoms with Crippen molar-refractivity contribution in [3.05, 3.63) is 63.6 Å². The number of esters is 1. The predicted octanol–water partition coefficient (Wildman–Crippen LogP) is 5.14. The molecule has 2 rings (SSSR count). The highest BCUT2D eigenvalue weighted by Crippen LogP contribution is 2.25. The zero-order valence-corrected chi connectivity index (χ0v) is 18.5. The Balaban J connectivity index is 2.17. The molecule has 0 unspecified atom stereocenters. The minimum atomic E-state index is -0.794. The Morgan fingerprint density at radius 1 is 1.07 bits per heavy atom. The Morgan fingerprint density at radius 2 is 1.64 bits per heavy atom. The van der Waals surface area contributed by atoms with Gasteiger partial charge in [-0.1, -0.05) is 46.3 Å². The van der Waals surface area contributed by atoms with Gasteiger partial charge in [-0.05, 0) is 63.4 Å². The molecular weight excluding hydrogens is 420 g/mol. The number of halogens is 1. The van der Waals surface area contributed by atoms with Crippen LogP contribution in [0, 0.1) is 13.8 Å². The quantitative estimate of drug-likeness (QED) is 0.624. The van der Waals surface area contributed by atoms with E-state index in [2.05, 4.69) is 26.6 Å². The van der Waals surface area contributed by atoms with Crippen LogP contribution in [0.4, 0.5) is 10.5 Å². The van der Waals surface area contributed by atoms with Gasteiger partial charge in [-0.15, -0.1) is 0 Å². The molecule has 2 N–H and O–H groups in total. The minimum Gasteiger partial charge on any atom is -0.458 e. The summed E-state index contributed by atoms with van der Waals surface area (Å²) in [6.45, 7) is 9.25. The normalized spacial score (nSPS) is 12.2. The van der Waals surface area contributed by atoms with Gasteiger partial charge in [-0.25, -0.2) is 9.59 Å². The van der Waals surface area contributed by atoms with Crippen molar-refractivity contribution in [2.75, 3.05) is 5.32 Å². The van der Waals surface area contributed by atoms with Crippen molar-refractivity contribution >= 4 is 33.6 Å². The Hall–Kier alpha value is -2.34. The number of amides is 2. The second kappa shape index (κ2) is 9.24. The van der Waals surface area contributed by atoms with Crippen LogP contribution in [0.15, 0.2) is 46.9 Å². The highest BCUT2D eigenvalue weighted by Gasteiger charge is 2.27. The number of urea groups is 1. The number of hydrogen-bond acceptors (Lipinski definition) is 3. The molecule has 5 nitrogen and oxygen atoms in total. The second-order valence-corrected chi connectivity index (χ2v) is 8.70. The highest BCUT2D eigenvalue weighted by atomic mass is 79.9. The first-order valence-corrected chi connectivity index (χ1v) is 9.95. The molecule has 0 fully saturated rings. The number of anilines is 1. The molecule has 0 aliphatic rings. The summed E-state index contributed by atoms with van der Waals surface area (Å²) in [5, 5.41) is 5.63. The van der Waals surface area contributed by atoms with Gasteiger partial charge < -0.3 is 15.4 Å². The lowest BCUT2D eigenvalue weighted by atomic mass is 10.1. The Kier molecular flexibility index (Phi) is 7.24. The van der Waals surface area contributed by atoms with Crippen molar-refractivity contribution in [3.8, 4) is 0 Å². The van der Waals surface area contributed by atoms with Crippen LogP contribution in [-0.2, 0) is 16.0 Å². The highest BCUT2D eigenvalue weighted by molar-refractivity contribution is 9.10. The van der Waals surface area contributed by atoms with Gasteiger partial charge in [0.05, 0.1) is 0 Å². The summed E-state index contributed by atoms with van der Waals surface area (Å²) in [7, 11) is 0. The van der Waals surface area contributed by atoms with E-state index in [1.54, 1.807) is 20.8 Å². The van der Waals surface area contributed by atoms with E-state index in [1.807, 2.05) is 56.3 Å². The van der Waals surface area contributed by atoms with Crippen LogP contribution in [0.1, 0.15) is 37.5 Å². The maximum absolute atomic E-state index is 12.7. The van der Waals surface area contributed by atoms with E-state index < -0.39 is 23.6 Å². The summed E-state index contributed by atoms with van der Waals surface area (Å²) in [5.41, 5.74) is 2.89. The molecule has 0 spiro atoms. The van der Waals surface area contributed by atoms with Crippen LogP contribution in [0.3, 0.4) is 0 Å². The zero-order valence-electron chi connectivity index (χ0n) is 16.9. The Labute approximate surface area is 175 Å². The summed E-state index contributed by atoms with van der Waals surface area (Å²) in [5.74, 6) is -0.462. The first-order chi connectivity index (χ1) is 13.0. The molecule has 0 aromatic heterocycles. The van der Waals surface area contributed by atoms with Gasteiger partial charge in [0, 0.05) is 16.6 Å². The average molecular weight is 447 g/mol. The number of carbonyl (C=O) groups excluding carboxylic acids is 2. The number of ether oxygens (including phenoxy) is 1. The number of benzene rings is 2. The largest absolute Gasteiger partial charge is 0.458 e. The van der Waals surface area contributed by atoms with Crippen LogP contribution in [-0.4, -0.2) is 23.6 Å². The van der Waals surface area contributed by atoms with E-state index >= 15 is 0 Å². The van der Waals surface area contributed by atoms with Gasteiger partial charge in [0.25, 0.3) is 0 Å². The molecule has 150 valence electrons. The van der Waals surface area contributed by atoms with Gasteiger partial charge in [-0.2, -0.15) is 0 Å². The second-order valence-electron chi connectivity index (χ2n) is 7.79. The molecular formula is C22H27BrN2O3. The third-order valence-corrected chi connectivity index (χ3v) is 4.47. The Morgan fingerprint density at radius 3 is 2.18 bits per heavy atom. The molecule has 0 aliphatic heterocycles. The fourth-order valence-electron chi connectivity index (χ4n) is 2.83. The van der Waals surface area contributed by atoms with Crippen LogP contribution >= 0.6 is 15.9 Å². The third kappa shape index (κ3) is 6.68. The molecule has 0 heterocycles. The van der Waals surface area contributed by atoms with Gasteiger partial charge >= 0.3 is 12.0 Å². The Bertz CT molecular complexity index is 822. The first kappa shape index (κ1) is 22.0. The molecule has 2 amide bonds. The molecule has 0 bridgehead atoms. The number of aryl methyl sites for hydroxylation is 2. The zero-order chi connectivity index (χ0) is 20.9. The van der Waals surface area contributed by atoms with Crippen molar-refractivity contribution in [1.82, 2.24) is 5.32 Å². The maximum atomic E-state index is 12.7. The van der Waals surface area contributed by atoms with E-state index in [9.17, 15) is 9.59 Å². The number of rotatable bonds is 5. The maximum Gasteiger partial charge on any atom is 0.329 e. The number of hydrogen-bond donors (Lipinski definition) is 2. The van der Waals surface area contributed by atoms with E-state index in [0.29, 0.717) is 6.42 Å². The smallest absolute Gasteiger partial charge is 0.329 e. The van der Waals surface area contributed by atoms with Crippen molar-refractivity contribution < 1.29 is 14.3 Å². The van der Waals surface area contributed by atoms with Crippen molar-refractivity contribution in [1.29, 1.82) is 0 Å². The van der Waals surface area contributed by atoms with E-state index in [4.69, 9.17) is 4.74 Å². The van der Waals surface area contributed by atoms with Crippen LogP contribution in [0.25, 0.3) is 0 Å². The van der Waals surface area contributed by atoms with Gasteiger partial charge in [0.15, 0.2) is 0 Å². The van der Waals surface area contributed by atoms with Gasteiger partial charge in [0.2, 0.25) is 0 Å². The summed E-state index contributed by atoms with van der Waals surface area (Å²) in [6, 6.07) is 12.2. The van der Waals surface area contributed by atoms with Crippen molar-refractivity contribution in [3.63, 3.8) is 0 Å². The van der Waals surface area contributed by atoms with Gasteiger partial charge in [-0.3, -0.25) is 0 Å². The van der Waals surface area contributed by atoms with Gasteiger partial charge in [0.1, 0.15) is 11.6 Å². The fraction of sp³-hybridized carbons (Fsp3) is 0.364. The third-order valence-electron chi connectivity index (χ3n) is 4.02. The molecule has 0 saturated carbocycles. The standard InChI is InChI=1S/C22H27BrN2O3/c1-14-11-17(23)12-15(2)19(14)25-21(27)24-18(20(26)28-22(3,4)5)13-16-9-7-6-8-10-16/h6-12,18H,13H2,1-5H3,(H2,24,25,27)/t18-/m0/s1. The topological polar surface area (TPSA) is 67.4 Å². The lowest BCUT2D eigenvalue weighted by Gasteiger charge is -2.25. The lowest BCUT2D eigenvalue weighted by molar-refractivity contribution is -0.157. The molecule has 6 heteroatoms. The molecule has 2 aromatic rings. The van der Waals surface area contributed by atoms with Crippen molar-refractivity contribution in [2.45, 2.75) is 52.7 Å². The van der Waals surface area contributed by atoms with Crippen molar-refractivity contribution in [2.24, 2.45) is 0 Å². The van der Waals surface area contributed by atoms with Crippen LogP contribution in [0.2, 0.25) is 0 Å². The molecule has 1 atom stereocenters. The minimum absolute atomic E-state index is 0.349. The molecule has 0 aliphatic carbocycles. The fourth-order valence-corrected chi connectivity index (χ4v) is 3.52. The first-order valence-electron chi connectivity index (χ1n) is 9.16. The SMILES string of the molecule is Cc1cc(Br)cc(C)c1NC(=O)N[C@@H](Cc1ccccc1)C(=O)OC(C)(C)C. The number of nitrogens with one attached hydrogen (secondary N) is 2. The summed E-state index contributed by atoms with van der Waals surface area (Å²) < 4.78 is 6.45. The summed E-state index contributed by atoms with van der Waals surface area (Å²) >= 11 is 3.45. The summed E-state index contributed by atoms with van der Waals surface area (Å²) in [4.78, 5) is 25.3. The van der Waals surface area contributed by atoms with Crippen LogP contribution in [0.5, 0.6) is 0 Å².